The van der Waals surface area contributed by atoms with E-state index in [-0.39, 0.29) is 17.5 Å². The second-order valence-corrected chi connectivity index (χ2v) is 9.56. The lowest BCUT2D eigenvalue weighted by Crippen LogP contribution is -2.49. The molecule has 0 amide bonds. The number of hydrogen-bond donors (Lipinski definition) is 2. The summed E-state index contributed by atoms with van der Waals surface area (Å²) < 4.78 is 28.7. The number of nitrogens with zero attached hydrogens (tertiary/aromatic N) is 1. The SMILES string of the molecule is Cc1cnc2c(S(=O)(=O)NCC(C)(C)NC(C)c3ccccc3)cccc2c1. The van der Waals surface area contributed by atoms with Crippen LogP contribution in [0.3, 0.4) is 0 Å². The number of fused-ring (bicyclic) bond motifs is 1. The average molecular weight is 398 g/mol. The molecule has 28 heavy (non-hydrogen) atoms. The van der Waals surface area contributed by atoms with Crippen LogP contribution in [0.1, 0.15) is 37.9 Å². The van der Waals surface area contributed by atoms with Crippen molar-refractivity contribution >= 4 is 20.9 Å². The van der Waals surface area contributed by atoms with Crippen LogP contribution in [0, 0.1) is 6.92 Å². The minimum atomic E-state index is -3.69. The highest BCUT2D eigenvalue weighted by molar-refractivity contribution is 7.89. The summed E-state index contributed by atoms with van der Waals surface area (Å²) >= 11 is 0. The molecule has 0 spiro atoms. The molecule has 0 fully saturated rings. The predicted molar refractivity (Wildman–Crippen MR) is 114 cm³/mol. The Morgan fingerprint density at radius 3 is 2.50 bits per heavy atom. The van der Waals surface area contributed by atoms with Crippen LogP contribution in [-0.4, -0.2) is 25.5 Å². The first-order valence-corrected chi connectivity index (χ1v) is 10.8. The fourth-order valence-corrected chi connectivity index (χ4v) is 4.66. The highest BCUT2D eigenvalue weighted by atomic mass is 32.2. The summed E-state index contributed by atoms with van der Waals surface area (Å²) in [6, 6.07) is 17.4. The fraction of sp³-hybridized carbons (Fsp3) is 0.318. The lowest BCUT2D eigenvalue weighted by Gasteiger charge is -2.30. The lowest BCUT2D eigenvalue weighted by atomic mass is 10.0. The molecule has 1 heterocycles. The van der Waals surface area contributed by atoms with Crippen LogP contribution < -0.4 is 10.0 Å². The van der Waals surface area contributed by atoms with Crippen molar-refractivity contribution in [3.63, 3.8) is 0 Å². The molecule has 2 N–H and O–H groups in total. The van der Waals surface area contributed by atoms with Gasteiger partial charge < -0.3 is 5.32 Å². The minimum Gasteiger partial charge on any atom is -0.304 e. The Balaban J connectivity index is 1.76. The topological polar surface area (TPSA) is 71.1 Å². The summed E-state index contributed by atoms with van der Waals surface area (Å²) in [5.74, 6) is 0. The quantitative estimate of drug-likeness (QED) is 0.633. The third kappa shape index (κ3) is 4.76. The van der Waals surface area contributed by atoms with Gasteiger partial charge in [-0.1, -0.05) is 42.5 Å². The number of rotatable bonds is 7. The fourth-order valence-electron chi connectivity index (χ4n) is 3.28. The second kappa shape index (κ2) is 7.99. The number of hydrogen-bond acceptors (Lipinski definition) is 4. The molecule has 0 bridgehead atoms. The lowest BCUT2D eigenvalue weighted by molar-refractivity contribution is 0.346. The molecule has 0 saturated carbocycles. The molecule has 1 aromatic heterocycles. The zero-order chi connectivity index (χ0) is 20.4. The summed E-state index contributed by atoms with van der Waals surface area (Å²) in [6.07, 6.45) is 1.69. The van der Waals surface area contributed by atoms with Gasteiger partial charge in [-0.2, -0.15) is 0 Å². The van der Waals surface area contributed by atoms with Crippen LogP contribution in [0.2, 0.25) is 0 Å². The van der Waals surface area contributed by atoms with E-state index < -0.39 is 15.6 Å². The van der Waals surface area contributed by atoms with Crippen LogP contribution in [0.5, 0.6) is 0 Å². The van der Waals surface area contributed by atoms with Gasteiger partial charge in [0.05, 0.1) is 5.52 Å². The van der Waals surface area contributed by atoms with E-state index in [0.717, 1.165) is 16.5 Å². The van der Waals surface area contributed by atoms with Gasteiger partial charge in [-0.15, -0.1) is 0 Å². The van der Waals surface area contributed by atoms with E-state index in [1.54, 1.807) is 18.3 Å². The smallest absolute Gasteiger partial charge is 0.242 e. The van der Waals surface area contributed by atoms with Crippen molar-refractivity contribution in [2.45, 2.75) is 44.2 Å². The molecular weight excluding hydrogens is 370 g/mol. The minimum absolute atomic E-state index is 0.0999. The van der Waals surface area contributed by atoms with E-state index >= 15 is 0 Å². The van der Waals surface area contributed by atoms with Crippen molar-refractivity contribution in [1.29, 1.82) is 0 Å². The van der Waals surface area contributed by atoms with Crippen LogP contribution in [0.25, 0.3) is 10.9 Å². The molecule has 3 rings (SSSR count). The van der Waals surface area contributed by atoms with Crippen LogP contribution in [0.4, 0.5) is 0 Å². The molecule has 0 radical (unpaired) electrons. The molecule has 1 atom stereocenters. The maximum Gasteiger partial charge on any atom is 0.242 e. The van der Waals surface area contributed by atoms with Crippen molar-refractivity contribution in [2.75, 3.05) is 6.54 Å². The Kier molecular flexibility index (Phi) is 5.84. The molecule has 5 nitrogen and oxygen atoms in total. The first kappa shape index (κ1) is 20.5. The van der Waals surface area contributed by atoms with Gasteiger partial charge in [-0.05, 0) is 51.0 Å². The van der Waals surface area contributed by atoms with Gasteiger partial charge in [0.2, 0.25) is 10.0 Å². The number of sulfonamides is 1. The Morgan fingerprint density at radius 2 is 1.79 bits per heavy atom. The Morgan fingerprint density at radius 1 is 1.07 bits per heavy atom. The van der Waals surface area contributed by atoms with Crippen LogP contribution >= 0.6 is 0 Å². The number of para-hydroxylation sites is 1. The molecule has 0 aliphatic carbocycles. The van der Waals surface area contributed by atoms with Gasteiger partial charge in [0.1, 0.15) is 4.90 Å². The summed E-state index contributed by atoms with van der Waals surface area (Å²) in [7, 11) is -3.69. The van der Waals surface area contributed by atoms with Gasteiger partial charge in [-0.25, -0.2) is 13.1 Å². The van der Waals surface area contributed by atoms with Gasteiger partial charge in [0.15, 0.2) is 0 Å². The van der Waals surface area contributed by atoms with Crippen molar-refractivity contribution < 1.29 is 8.42 Å². The third-order valence-electron chi connectivity index (χ3n) is 4.71. The highest BCUT2D eigenvalue weighted by Crippen LogP contribution is 2.22. The Bertz CT molecular complexity index is 1060. The zero-order valence-electron chi connectivity index (χ0n) is 16.7. The molecule has 6 heteroatoms. The largest absolute Gasteiger partial charge is 0.304 e. The van der Waals surface area contributed by atoms with E-state index in [1.807, 2.05) is 51.1 Å². The summed E-state index contributed by atoms with van der Waals surface area (Å²) in [6.45, 7) is 8.24. The molecule has 3 aromatic rings. The van der Waals surface area contributed by atoms with Crippen molar-refractivity contribution in [1.82, 2.24) is 15.0 Å². The van der Waals surface area contributed by atoms with Gasteiger partial charge in [-0.3, -0.25) is 4.98 Å². The number of aryl methyl sites for hydroxylation is 1. The van der Waals surface area contributed by atoms with E-state index in [0.29, 0.717) is 5.52 Å². The first-order chi connectivity index (χ1) is 13.2. The van der Waals surface area contributed by atoms with Crippen LogP contribution in [-0.2, 0) is 10.0 Å². The second-order valence-electron chi connectivity index (χ2n) is 7.83. The number of aromatic nitrogens is 1. The third-order valence-corrected chi connectivity index (χ3v) is 6.14. The van der Waals surface area contributed by atoms with Crippen LogP contribution in [0.15, 0.2) is 65.7 Å². The van der Waals surface area contributed by atoms with Gasteiger partial charge in [0.25, 0.3) is 0 Å². The molecule has 0 aliphatic heterocycles. The molecule has 1 unspecified atom stereocenters. The first-order valence-electron chi connectivity index (χ1n) is 9.36. The molecule has 0 aliphatic rings. The van der Waals surface area contributed by atoms with E-state index in [4.69, 9.17) is 0 Å². The number of nitrogens with one attached hydrogen (secondary N) is 2. The van der Waals surface area contributed by atoms with Crippen molar-refractivity contribution in [3.05, 3.63) is 71.9 Å². The van der Waals surface area contributed by atoms with E-state index in [1.165, 1.54) is 0 Å². The molecule has 0 saturated heterocycles. The molecular formula is C22H27N3O2S. The van der Waals surface area contributed by atoms with Crippen molar-refractivity contribution in [3.8, 4) is 0 Å². The highest BCUT2D eigenvalue weighted by Gasteiger charge is 2.25. The molecule has 2 aromatic carbocycles. The Labute approximate surface area is 167 Å². The monoisotopic (exact) mass is 397 g/mol. The maximum absolute atomic E-state index is 13.0. The Hall–Kier alpha value is -2.28. The average Bonchev–Trinajstić information content (AvgIpc) is 2.66. The van der Waals surface area contributed by atoms with E-state index in [9.17, 15) is 8.42 Å². The standard InChI is InChI=1S/C22H27N3O2S/c1-16-13-19-11-8-12-20(21(19)23-14-16)28(26,27)24-15-22(3,4)25-17(2)18-9-6-5-7-10-18/h5-14,17,24-25H,15H2,1-4H3. The summed E-state index contributed by atoms with van der Waals surface area (Å²) in [5.41, 5.74) is 2.21. The van der Waals surface area contributed by atoms with Gasteiger partial charge in [0, 0.05) is 29.7 Å². The van der Waals surface area contributed by atoms with Crippen molar-refractivity contribution in [2.24, 2.45) is 0 Å². The zero-order valence-corrected chi connectivity index (χ0v) is 17.5. The maximum atomic E-state index is 13.0. The normalized spacial score (nSPS) is 13.6. The predicted octanol–water partition coefficient (Wildman–Crippen LogP) is 3.95. The summed E-state index contributed by atoms with van der Waals surface area (Å²) in [4.78, 5) is 4.55. The van der Waals surface area contributed by atoms with Gasteiger partial charge >= 0.3 is 0 Å². The summed E-state index contributed by atoms with van der Waals surface area (Å²) in [5, 5.41) is 4.32. The van der Waals surface area contributed by atoms with E-state index in [2.05, 4.69) is 34.1 Å². The number of pyridine rings is 1. The molecule has 148 valence electrons. The number of benzene rings is 2.